The van der Waals surface area contributed by atoms with E-state index in [0.29, 0.717) is 0 Å². The summed E-state index contributed by atoms with van der Waals surface area (Å²) in [7, 11) is 0. The topological polar surface area (TPSA) is 16.4 Å². The van der Waals surface area contributed by atoms with Crippen molar-refractivity contribution in [3.05, 3.63) is 187 Å². The molecular weight excluding hydrogens is 643 g/mol. The van der Waals surface area contributed by atoms with Crippen molar-refractivity contribution in [2.45, 2.75) is 19.3 Å². The molecule has 0 amide bonds. The van der Waals surface area contributed by atoms with Crippen LogP contribution < -0.4 is 4.90 Å². The lowest BCUT2D eigenvalue weighted by Gasteiger charge is -2.27. The zero-order valence-electron chi connectivity index (χ0n) is 29.6. The van der Waals surface area contributed by atoms with Gasteiger partial charge in [-0.3, -0.25) is 0 Å². The van der Waals surface area contributed by atoms with Crippen molar-refractivity contribution in [1.29, 1.82) is 0 Å². The van der Waals surface area contributed by atoms with Crippen molar-refractivity contribution in [1.82, 2.24) is 0 Å². The lowest BCUT2D eigenvalue weighted by atomic mass is 9.82. The molecule has 1 heterocycles. The van der Waals surface area contributed by atoms with E-state index < -0.39 is 0 Å². The second-order valence-electron chi connectivity index (χ2n) is 14.9. The minimum Gasteiger partial charge on any atom is -0.456 e. The first kappa shape index (κ1) is 30.0. The molecule has 9 aromatic carbocycles. The van der Waals surface area contributed by atoms with Gasteiger partial charge >= 0.3 is 0 Å². The summed E-state index contributed by atoms with van der Waals surface area (Å²) in [5.74, 6) is 0. The van der Waals surface area contributed by atoms with Crippen LogP contribution in [-0.2, 0) is 5.41 Å². The van der Waals surface area contributed by atoms with E-state index in [1.54, 1.807) is 0 Å². The molecule has 0 fully saturated rings. The van der Waals surface area contributed by atoms with Crippen molar-refractivity contribution in [3.8, 4) is 22.3 Å². The quantitative estimate of drug-likeness (QED) is 0.172. The number of fused-ring (bicyclic) bond motifs is 11. The average molecular weight is 678 g/mol. The van der Waals surface area contributed by atoms with Gasteiger partial charge in [0.2, 0.25) is 0 Å². The number of hydrogen-bond acceptors (Lipinski definition) is 2. The summed E-state index contributed by atoms with van der Waals surface area (Å²) in [6.45, 7) is 4.67. The van der Waals surface area contributed by atoms with Crippen LogP contribution in [0.2, 0.25) is 0 Å². The third kappa shape index (κ3) is 4.52. The van der Waals surface area contributed by atoms with Crippen LogP contribution in [0.15, 0.2) is 180 Å². The monoisotopic (exact) mass is 677 g/mol. The Morgan fingerprint density at radius 1 is 0.396 bits per heavy atom. The molecule has 1 aliphatic rings. The van der Waals surface area contributed by atoms with Gasteiger partial charge in [-0.1, -0.05) is 135 Å². The van der Waals surface area contributed by atoms with Crippen molar-refractivity contribution in [2.75, 3.05) is 4.90 Å². The van der Waals surface area contributed by atoms with Gasteiger partial charge in [-0.25, -0.2) is 0 Å². The van der Waals surface area contributed by atoms with Crippen molar-refractivity contribution in [2.24, 2.45) is 0 Å². The Balaban J connectivity index is 1.05. The third-order valence-electron chi connectivity index (χ3n) is 11.6. The van der Waals surface area contributed by atoms with Gasteiger partial charge in [0.25, 0.3) is 0 Å². The fourth-order valence-corrected chi connectivity index (χ4v) is 8.97. The zero-order valence-corrected chi connectivity index (χ0v) is 29.6. The molecule has 1 aromatic heterocycles. The highest BCUT2D eigenvalue weighted by molar-refractivity contribution is 6.20. The van der Waals surface area contributed by atoms with Crippen molar-refractivity contribution < 1.29 is 4.42 Å². The lowest BCUT2D eigenvalue weighted by molar-refractivity contribution is 0.660. The largest absolute Gasteiger partial charge is 0.456 e. The molecule has 11 rings (SSSR count). The van der Waals surface area contributed by atoms with Crippen LogP contribution in [0.25, 0.3) is 76.5 Å². The molecule has 250 valence electrons. The molecule has 0 bridgehead atoms. The first-order valence-electron chi connectivity index (χ1n) is 18.4. The molecular formula is C51H35NO. The number of para-hydroxylation sites is 1. The molecule has 0 saturated heterocycles. The van der Waals surface area contributed by atoms with E-state index in [0.717, 1.165) is 39.0 Å². The number of hydrogen-bond donors (Lipinski definition) is 0. The highest BCUT2D eigenvalue weighted by Gasteiger charge is 2.35. The highest BCUT2D eigenvalue weighted by atomic mass is 16.3. The Morgan fingerprint density at radius 3 is 1.91 bits per heavy atom. The smallest absolute Gasteiger partial charge is 0.135 e. The van der Waals surface area contributed by atoms with E-state index in [-0.39, 0.29) is 5.41 Å². The van der Waals surface area contributed by atoms with Crippen LogP contribution in [0.1, 0.15) is 25.0 Å². The maximum Gasteiger partial charge on any atom is 0.135 e. The molecule has 2 heteroatoms. The molecule has 0 atom stereocenters. The third-order valence-corrected chi connectivity index (χ3v) is 11.6. The molecule has 0 unspecified atom stereocenters. The summed E-state index contributed by atoms with van der Waals surface area (Å²) >= 11 is 0. The Labute approximate surface area is 308 Å². The molecule has 53 heavy (non-hydrogen) atoms. The molecule has 0 spiro atoms. The average Bonchev–Trinajstić information content (AvgIpc) is 3.69. The number of nitrogens with zero attached hydrogens (tertiary/aromatic N) is 1. The number of rotatable bonds is 4. The first-order valence-corrected chi connectivity index (χ1v) is 18.4. The fourth-order valence-electron chi connectivity index (χ4n) is 8.97. The van der Waals surface area contributed by atoms with E-state index in [4.69, 9.17) is 4.42 Å². The summed E-state index contributed by atoms with van der Waals surface area (Å²) in [4.78, 5) is 2.39. The zero-order chi connectivity index (χ0) is 35.3. The second-order valence-corrected chi connectivity index (χ2v) is 14.9. The van der Waals surface area contributed by atoms with Gasteiger partial charge in [-0.2, -0.15) is 0 Å². The lowest BCUT2D eigenvalue weighted by Crippen LogP contribution is -2.15. The Kier molecular flexibility index (Phi) is 6.33. The summed E-state index contributed by atoms with van der Waals surface area (Å²) in [5, 5.41) is 9.94. The van der Waals surface area contributed by atoms with Gasteiger partial charge < -0.3 is 9.32 Å². The van der Waals surface area contributed by atoms with E-state index in [1.165, 1.54) is 65.7 Å². The van der Waals surface area contributed by atoms with Crippen LogP contribution in [0.4, 0.5) is 17.1 Å². The van der Waals surface area contributed by atoms with Gasteiger partial charge in [0.15, 0.2) is 0 Å². The molecule has 0 N–H and O–H groups in total. The van der Waals surface area contributed by atoms with Crippen LogP contribution in [0.3, 0.4) is 0 Å². The Bertz CT molecular complexity index is 3090. The SMILES string of the molecule is CC1(C)c2ccccc2-c2cc(N(c3ccc(-c4ccc5c(ccc6ccc7ccccc7c65)c4)cc3)c3ccc4oc5ccccc5c4c3)ccc21. The molecule has 0 aliphatic heterocycles. The molecule has 1 aliphatic carbocycles. The summed E-state index contributed by atoms with van der Waals surface area (Å²) in [6, 6.07) is 64.3. The van der Waals surface area contributed by atoms with Gasteiger partial charge in [0, 0.05) is 33.2 Å². The number of anilines is 3. The number of benzene rings is 9. The maximum atomic E-state index is 6.24. The van der Waals surface area contributed by atoms with Crippen LogP contribution in [0.5, 0.6) is 0 Å². The summed E-state index contributed by atoms with van der Waals surface area (Å²) in [5.41, 5.74) is 12.8. The minimum absolute atomic E-state index is 0.0508. The van der Waals surface area contributed by atoms with Crippen LogP contribution in [-0.4, -0.2) is 0 Å². The van der Waals surface area contributed by atoms with E-state index in [1.807, 2.05) is 12.1 Å². The van der Waals surface area contributed by atoms with Crippen LogP contribution in [0, 0.1) is 0 Å². The van der Waals surface area contributed by atoms with Gasteiger partial charge in [0.05, 0.1) is 0 Å². The highest BCUT2D eigenvalue weighted by Crippen LogP contribution is 2.51. The Hall–Kier alpha value is -6.64. The fraction of sp³-hybridized carbons (Fsp3) is 0.0588. The summed E-state index contributed by atoms with van der Waals surface area (Å²) in [6.07, 6.45) is 0. The number of furan rings is 1. The van der Waals surface area contributed by atoms with E-state index in [2.05, 4.69) is 183 Å². The van der Waals surface area contributed by atoms with Gasteiger partial charge in [-0.15, -0.1) is 0 Å². The normalized spacial score (nSPS) is 13.2. The van der Waals surface area contributed by atoms with E-state index in [9.17, 15) is 0 Å². The molecule has 0 saturated carbocycles. The van der Waals surface area contributed by atoms with E-state index >= 15 is 0 Å². The first-order chi connectivity index (χ1) is 26.0. The predicted octanol–water partition coefficient (Wildman–Crippen LogP) is 14.5. The minimum atomic E-state index is -0.0508. The summed E-state index contributed by atoms with van der Waals surface area (Å²) < 4.78 is 6.24. The molecule has 0 radical (unpaired) electrons. The van der Waals surface area contributed by atoms with Gasteiger partial charge in [-0.05, 0) is 120 Å². The van der Waals surface area contributed by atoms with Crippen molar-refractivity contribution in [3.63, 3.8) is 0 Å². The Morgan fingerprint density at radius 2 is 1.02 bits per heavy atom. The second kappa shape index (κ2) is 11.2. The van der Waals surface area contributed by atoms with Crippen molar-refractivity contribution >= 4 is 71.3 Å². The molecule has 2 nitrogen and oxygen atoms in total. The maximum absolute atomic E-state index is 6.24. The standard InChI is InChI=1S/C51H35NO/c1-51(2)46-13-7-5-11-42(46)44-30-38(24-27-47(44)51)52(39-25-28-49-45(31-39)43-12-6-8-14-48(43)53-49)37-22-19-32(20-23-37)35-21-26-41-36(29-35)18-17-34-16-15-33-9-3-4-10-40(33)50(34)41/h3-31H,1-2H3. The van der Waals surface area contributed by atoms with Crippen LogP contribution >= 0.6 is 0 Å². The predicted molar refractivity (Wildman–Crippen MR) is 224 cm³/mol. The van der Waals surface area contributed by atoms with Gasteiger partial charge in [0.1, 0.15) is 11.2 Å². The molecule has 10 aromatic rings.